The minimum atomic E-state index is -0.0211. The zero-order chi connectivity index (χ0) is 30.7. The van der Waals surface area contributed by atoms with Gasteiger partial charge in [0, 0.05) is 57.9 Å². The third-order valence-electron chi connectivity index (χ3n) is 7.45. The van der Waals surface area contributed by atoms with Crippen LogP contribution in [0.2, 0.25) is 0 Å². The Hall–Kier alpha value is 3.23. The molecule has 0 rings (SSSR count). The molecule has 0 unspecified atom stereocenters. The van der Waals surface area contributed by atoms with Crippen LogP contribution in [-0.2, 0) is 38.0 Å². The molecule has 0 aromatic rings. The second-order valence-corrected chi connectivity index (χ2v) is 23.5. The summed E-state index contributed by atoms with van der Waals surface area (Å²) in [4.78, 5) is 0. The number of rotatable bonds is 28. The summed E-state index contributed by atoms with van der Waals surface area (Å²) in [7, 11) is 4.61. The van der Waals surface area contributed by atoms with E-state index in [1.165, 1.54) is 169 Å². The van der Waals surface area contributed by atoms with Crippen LogP contribution >= 0.6 is 41.3 Å². The Morgan fingerprint density at radius 3 is 0.619 bits per heavy atom. The van der Waals surface area contributed by atoms with Gasteiger partial charge in [0.05, 0.1) is 73.9 Å². The first kappa shape index (κ1) is 54.7. The van der Waals surface area contributed by atoms with Crippen molar-refractivity contribution in [1.82, 2.24) is 10.6 Å². The fourth-order valence-corrected chi connectivity index (χ4v) is 16.4. The van der Waals surface area contributed by atoms with Crippen molar-refractivity contribution in [3.05, 3.63) is 0 Å². The first-order valence-corrected chi connectivity index (χ1v) is 29.3. The van der Waals surface area contributed by atoms with Gasteiger partial charge in [-0.1, -0.05) is 62.8 Å². The van der Waals surface area contributed by atoms with Crippen molar-refractivity contribution in [2.75, 3.05) is 100 Å². The Bertz CT molecular complexity index is 349. The van der Waals surface area contributed by atoms with Crippen molar-refractivity contribution in [2.24, 2.45) is 0 Å². The van der Waals surface area contributed by atoms with Gasteiger partial charge >= 0.3 is 47.6 Å². The number of nitrogens with one attached hydrogen (secondary N) is 2. The van der Waals surface area contributed by atoms with E-state index in [4.69, 9.17) is 9.58 Å². The first-order valence-electron chi connectivity index (χ1n) is 17.5. The van der Waals surface area contributed by atoms with Crippen LogP contribution in [0.5, 0.6) is 0 Å². The second kappa shape index (κ2) is 48.6. The van der Waals surface area contributed by atoms with E-state index in [2.05, 4.69) is 66.0 Å². The Morgan fingerprint density at radius 2 is 0.500 bits per heavy atom. The van der Waals surface area contributed by atoms with Crippen molar-refractivity contribution < 1.29 is 38.0 Å². The van der Waals surface area contributed by atoms with Gasteiger partial charge in [-0.15, -0.1) is 0 Å². The van der Waals surface area contributed by atoms with E-state index in [-0.39, 0.29) is 59.2 Å². The Labute approximate surface area is 302 Å². The second-order valence-electron chi connectivity index (χ2n) is 11.5. The number of hydrogen-bond acceptors (Lipinski definition) is 2. The van der Waals surface area contributed by atoms with Crippen molar-refractivity contribution in [1.29, 1.82) is 0 Å². The van der Waals surface area contributed by atoms with Crippen LogP contribution in [0.4, 0.5) is 0 Å². The molecule has 0 amide bonds. The van der Waals surface area contributed by atoms with Crippen molar-refractivity contribution in [3.63, 3.8) is 0 Å². The van der Waals surface area contributed by atoms with E-state index in [1.54, 1.807) is 0 Å². The van der Waals surface area contributed by atoms with Crippen molar-refractivity contribution in [2.45, 2.75) is 114 Å². The maximum absolute atomic E-state index is 4.69. The summed E-state index contributed by atoms with van der Waals surface area (Å²) in [5.41, 5.74) is 0. The quantitative estimate of drug-likeness (QED) is 0.0604. The topological polar surface area (TPSA) is 24.1 Å². The van der Waals surface area contributed by atoms with E-state index < -0.39 is 0 Å². The summed E-state index contributed by atoms with van der Waals surface area (Å²) in [6, 6.07) is 0. The molecule has 0 aliphatic rings. The molecule has 0 aromatic heterocycles. The molecule has 0 aromatic carbocycles. The number of hydrogen-bond donors (Lipinski definition) is 2. The van der Waals surface area contributed by atoms with Gasteiger partial charge in [-0.05, 0) is 51.4 Å². The Morgan fingerprint density at radius 1 is 0.357 bits per heavy atom. The standard InChI is InChI=1S/2C16H37NP2.CH4.ClH.2Ir.5H/c2*1-5-11-18(12-6-2)15-9-17-10-16-19(13-7-3)14-8-4;;;;;;;;;/h2*17H,5-16H2,1-4H3;1H4;1H;;;;;;;/q;;;;;+1;;;;;/p+3. The summed E-state index contributed by atoms with van der Waals surface area (Å²) >= 11 is 1.19. The van der Waals surface area contributed by atoms with E-state index >= 15 is 0 Å². The predicted molar refractivity (Wildman–Crippen MR) is 219 cm³/mol. The summed E-state index contributed by atoms with van der Waals surface area (Å²) in [5.74, 6) is 0. The van der Waals surface area contributed by atoms with Gasteiger partial charge in [0.15, 0.2) is 0 Å². The molecule has 0 atom stereocenters. The van der Waals surface area contributed by atoms with Gasteiger partial charge in [-0.25, -0.2) is 0 Å². The molecule has 0 bridgehead atoms. The van der Waals surface area contributed by atoms with E-state index in [9.17, 15) is 0 Å². The molecule has 0 fully saturated rings. The summed E-state index contributed by atoms with van der Waals surface area (Å²) < 4.78 is 0. The molecule has 2 N–H and O–H groups in total. The average molecular weight is 1060 g/mol. The fourth-order valence-electron chi connectivity index (χ4n) is 5.64. The third kappa shape index (κ3) is 41.3. The summed E-state index contributed by atoms with van der Waals surface area (Å²) in [6.45, 7) is 23.9. The molecule has 2 nitrogen and oxygen atoms in total. The van der Waals surface area contributed by atoms with Gasteiger partial charge in [0.2, 0.25) is 0 Å². The maximum atomic E-state index is 4.69. The van der Waals surface area contributed by atoms with Gasteiger partial charge in [0.25, 0.3) is 0 Å². The van der Waals surface area contributed by atoms with Crippen LogP contribution in [0, 0.1) is 0 Å². The molecule has 270 valence electrons. The van der Waals surface area contributed by atoms with Crippen LogP contribution in [0.15, 0.2) is 0 Å². The first-order chi connectivity index (χ1) is 19.6. The Kier molecular flexibility index (Phi) is 63.3. The minimum absolute atomic E-state index is 0. The molecule has 9 heteroatoms. The van der Waals surface area contributed by atoms with Crippen LogP contribution in [-0.4, -0.2) is 100 Å². The van der Waals surface area contributed by atoms with E-state index in [0.717, 1.165) is 0 Å². The van der Waals surface area contributed by atoms with Gasteiger partial charge in [-0.3, -0.25) is 0 Å². The molecule has 42 heavy (non-hydrogen) atoms. The molecule has 0 spiro atoms. The molecule has 0 aliphatic carbocycles. The van der Waals surface area contributed by atoms with Gasteiger partial charge < -0.3 is 10.6 Å². The average Bonchev–Trinajstić information content (AvgIpc) is 2.95. The Balaban J connectivity index is -0.000000196. The third-order valence-corrected chi connectivity index (χ3v) is 20.9. The molecule has 1 radical (unpaired) electrons. The molecule has 0 aliphatic heterocycles. The van der Waals surface area contributed by atoms with Gasteiger partial charge in [-0.2, -0.15) is 0 Å². The predicted octanol–water partition coefficient (Wildman–Crippen LogP) is 9.27. The molecule has 0 saturated heterocycles. The van der Waals surface area contributed by atoms with Gasteiger partial charge in [0.1, 0.15) is 0 Å². The zero-order valence-electron chi connectivity index (χ0n) is 29.1. The normalized spacial score (nSPS) is 10.7. The van der Waals surface area contributed by atoms with Crippen LogP contribution < -0.4 is 10.6 Å². The molecule has 0 heterocycles. The molecular formula is C33H87ClIr2N2P4+4. The van der Waals surface area contributed by atoms with Crippen LogP contribution in [0.3, 0.4) is 0 Å². The molecule has 0 saturated carbocycles. The zero-order valence-corrected chi connectivity index (χ0v) is 39.5. The van der Waals surface area contributed by atoms with E-state index in [1.807, 2.05) is 0 Å². The summed E-state index contributed by atoms with van der Waals surface area (Å²) in [5, 5.41) is 7.46. The summed E-state index contributed by atoms with van der Waals surface area (Å²) in [6.07, 6.45) is 29.4. The monoisotopic (exact) mass is 1060 g/mol. The van der Waals surface area contributed by atoms with Crippen LogP contribution in [0.25, 0.3) is 0 Å². The van der Waals surface area contributed by atoms with Crippen molar-refractivity contribution in [3.8, 4) is 0 Å². The fraction of sp³-hybridized carbons (Fsp3) is 1.00. The number of halogens is 1. The van der Waals surface area contributed by atoms with E-state index in [0.29, 0.717) is 0 Å². The molecular weight excluding hydrogens is 968 g/mol. The van der Waals surface area contributed by atoms with Crippen LogP contribution in [0.1, 0.15) is 114 Å². The van der Waals surface area contributed by atoms with Crippen molar-refractivity contribution >= 4 is 41.3 Å². The SMILES string of the molecule is C.CCC[PH+](CCC)CCNCC[PH+](CCC)CCC.CCC[PH+](CCC)CCNCC[PH+](CCC)CCC.[Cl][IrH2].[IrH3].